The number of nitrogens with one attached hydrogen (secondary N) is 1. The smallest absolute Gasteiger partial charge is 0.410 e. The van der Waals surface area contributed by atoms with Crippen LogP contribution in [0, 0.1) is 0 Å². The Morgan fingerprint density at radius 2 is 1.96 bits per heavy atom. The summed E-state index contributed by atoms with van der Waals surface area (Å²) in [6.45, 7) is 11.4. The molecule has 0 aromatic heterocycles. The molecule has 23 heavy (non-hydrogen) atoms. The SMILES string of the molecule is CCN(Cc1ccccc1NC(C)COC)C(=O)OC(C)(C)C. The zero-order chi connectivity index (χ0) is 17.5. The zero-order valence-corrected chi connectivity index (χ0v) is 15.2. The lowest BCUT2D eigenvalue weighted by molar-refractivity contribution is 0.0245. The van der Waals surface area contributed by atoms with Crippen LogP contribution >= 0.6 is 0 Å². The summed E-state index contributed by atoms with van der Waals surface area (Å²) < 4.78 is 10.6. The number of methoxy groups -OCH3 is 1. The summed E-state index contributed by atoms with van der Waals surface area (Å²) in [7, 11) is 1.69. The molecule has 5 heteroatoms. The van der Waals surface area contributed by atoms with Crippen molar-refractivity contribution in [2.45, 2.75) is 52.8 Å². The van der Waals surface area contributed by atoms with Crippen LogP contribution in [-0.2, 0) is 16.0 Å². The van der Waals surface area contributed by atoms with Crippen LogP contribution in [-0.4, -0.2) is 42.9 Å². The Labute approximate surface area is 140 Å². The van der Waals surface area contributed by atoms with E-state index in [4.69, 9.17) is 9.47 Å². The van der Waals surface area contributed by atoms with E-state index in [2.05, 4.69) is 12.2 Å². The fourth-order valence-corrected chi connectivity index (χ4v) is 2.19. The van der Waals surface area contributed by atoms with E-state index in [1.165, 1.54) is 0 Å². The van der Waals surface area contributed by atoms with Crippen molar-refractivity contribution in [3.8, 4) is 0 Å². The number of benzene rings is 1. The Balaban J connectivity index is 2.83. The average Bonchev–Trinajstić information content (AvgIpc) is 2.44. The van der Waals surface area contributed by atoms with Crippen molar-refractivity contribution in [3.05, 3.63) is 29.8 Å². The van der Waals surface area contributed by atoms with Crippen LogP contribution in [0.5, 0.6) is 0 Å². The van der Waals surface area contributed by atoms with E-state index >= 15 is 0 Å². The van der Waals surface area contributed by atoms with Gasteiger partial charge < -0.3 is 19.7 Å². The predicted octanol–water partition coefficient (Wildman–Crippen LogP) is 3.89. The first-order valence-electron chi connectivity index (χ1n) is 8.08. The van der Waals surface area contributed by atoms with E-state index in [0.29, 0.717) is 19.7 Å². The Bertz CT molecular complexity index is 497. The summed E-state index contributed by atoms with van der Waals surface area (Å²) in [5, 5.41) is 3.42. The van der Waals surface area contributed by atoms with Gasteiger partial charge in [-0.1, -0.05) is 18.2 Å². The summed E-state index contributed by atoms with van der Waals surface area (Å²) in [6, 6.07) is 8.19. The maximum atomic E-state index is 12.3. The molecule has 0 spiro atoms. The predicted molar refractivity (Wildman–Crippen MR) is 93.7 cm³/mol. The molecule has 0 aliphatic heterocycles. The van der Waals surface area contributed by atoms with Crippen molar-refractivity contribution in [3.63, 3.8) is 0 Å². The molecule has 0 fully saturated rings. The van der Waals surface area contributed by atoms with Crippen LogP contribution in [0.4, 0.5) is 10.5 Å². The maximum absolute atomic E-state index is 12.3. The lowest BCUT2D eigenvalue weighted by Crippen LogP contribution is -2.36. The third-order valence-electron chi connectivity index (χ3n) is 3.23. The lowest BCUT2D eigenvalue weighted by atomic mass is 10.1. The van der Waals surface area contributed by atoms with E-state index in [0.717, 1.165) is 11.3 Å². The summed E-state index contributed by atoms with van der Waals surface area (Å²) in [4.78, 5) is 14.0. The molecule has 0 radical (unpaired) electrons. The minimum Gasteiger partial charge on any atom is -0.444 e. The van der Waals surface area contributed by atoms with Crippen LogP contribution in [0.2, 0.25) is 0 Å². The van der Waals surface area contributed by atoms with Crippen molar-refractivity contribution in [1.29, 1.82) is 0 Å². The lowest BCUT2D eigenvalue weighted by Gasteiger charge is -2.27. The topological polar surface area (TPSA) is 50.8 Å². The molecule has 1 amide bonds. The number of anilines is 1. The van der Waals surface area contributed by atoms with Gasteiger partial charge in [-0.05, 0) is 46.2 Å². The Morgan fingerprint density at radius 3 is 2.52 bits per heavy atom. The standard InChI is InChI=1S/C18H30N2O3/c1-7-20(17(21)23-18(3,4)5)12-15-10-8-9-11-16(15)19-14(2)13-22-6/h8-11,14,19H,7,12-13H2,1-6H3. The molecule has 130 valence electrons. The van der Waals surface area contributed by atoms with E-state index in [-0.39, 0.29) is 12.1 Å². The molecular formula is C18H30N2O3. The van der Waals surface area contributed by atoms with E-state index in [9.17, 15) is 4.79 Å². The Morgan fingerprint density at radius 1 is 1.30 bits per heavy atom. The number of para-hydroxylation sites is 1. The molecule has 0 saturated carbocycles. The molecule has 5 nitrogen and oxygen atoms in total. The molecule has 0 saturated heterocycles. The summed E-state index contributed by atoms with van der Waals surface area (Å²) in [5.74, 6) is 0. The second-order valence-electron chi connectivity index (χ2n) is 6.65. The summed E-state index contributed by atoms with van der Waals surface area (Å²) >= 11 is 0. The number of nitrogens with zero attached hydrogens (tertiary/aromatic N) is 1. The van der Waals surface area contributed by atoms with Crippen molar-refractivity contribution in [2.75, 3.05) is 25.6 Å². The molecule has 0 bridgehead atoms. The van der Waals surface area contributed by atoms with Gasteiger partial charge in [-0.2, -0.15) is 0 Å². The van der Waals surface area contributed by atoms with Crippen LogP contribution in [0.15, 0.2) is 24.3 Å². The van der Waals surface area contributed by atoms with Gasteiger partial charge in [0.05, 0.1) is 13.2 Å². The quantitative estimate of drug-likeness (QED) is 0.827. The molecule has 0 aliphatic rings. The molecule has 1 aromatic carbocycles. The molecule has 0 aliphatic carbocycles. The molecule has 1 rings (SSSR count). The molecule has 1 N–H and O–H groups in total. The molecular weight excluding hydrogens is 292 g/mol. The van der Waals surface area contributed by atoms with Gasteiger partial charge in [0.25, 0.3) is 0 Å². The summed E-state index contributed by atoms with van der Waals surface area (Å²) in [5.41, 5.74) is 1.58. The Hall–Kier alpha value is -1.75. The van der Waals surface area contributed by atoms with Crippen molar-refractivity contribution in [2.24, 2.45) is 0 Å². The number of amides is 1. The highest BCUT2D eigenvalue weighted by Crippen LogP contribution is 2.20. The fourth-order valence-electron chi connectivity index (χ4n) is 2.19. The highest BCUT2D eigenvalue weighted by Gasteiger charge is 2.22. The Kier molecular flexibility index (Phi) is 7.36. The molecule has 1 atom stereocenters. The van der Waals surface area contributed by atoms with Gasteiger partial charge in [-0.3, -0.25) is 0 Å². The van der Waals surface area contributed by atoms with E-state index < -0.39 is 5.60 Å². The minimum absolute atomic E-state index is 0.192. The third-order valence-corrected chi connectivity index (χ3v) is 3.23. The van der Waals surface area contributed by atoms with Gasteiger partial charge in [-0.25, -0.2) is 4.79 Å². The van der Waals surface area contributed by atoms with Crippen molar-refractivity contribution in [1.82, 2.24) is 4.90 Å². The van der Waals surface area contributed by atoms with Gasteiger partial charge in [-0.15, -0.1) is 0 Å². The number of hydrogen-bond acceptors (Lipinski definition) is 4. The molecule has 1 unspecified atom stereocenters. The van der Waals surface area contributed by atoms with Crippen molar-refractivity contribution < 1.29 is 14.3 Å². The number of carbonyl (C=O) groups is 1. The zero-order valence-electron chi connectivity index (χ0n) is 15.2. The van der Waals surface area contributed by atoms with Gasteiger partial charge in [0.2, 0.25) is 0 Å². The third kappa shape index (κ3) is 6.91. The molecule has 1 aromatic rings. The maximum Gasteiger partial charge on any atom is 0.410 e. The first-order valence-corrected chi connectivity index (χ1v) is 8.08. The van der Waals surface area contributed by atoms with Gasteiger partial charge in [0.1, 0.15) is 5.60 Å². The van der Waals surface area contributed by atoms with Crippen LogP contribution in [0.3, 0.4) is 0 Å². The van der Waals surface area contributed by atoms with Gasteiger partial charge >= 0.3 is 6.09 Å². The van der Waals surface area contributed by atoms with Crippen LogP contribution in [0.1, 0.15) is 40.2 Å². The number of carbonyl (C=O) groups excluding carboxylic acids is 1. The monoisotopic (exact) mass is 322 g/mol. The van der Waals surface area contributed by atoms with Crippen LogP contribution < -0.4 is 5.32 Å². The second-order valence-corrected chi connectivity index (χ2v) is 6.65. The first kappa shape index (κ1) is 19.3. The first-order chi connectivity index (χ1) is 10.8. The number of ether oxygens (including phenoxy) is 2. The minimum atomic E-state index is -0.491. The fraction of sp³-hybridized carbons (Fsp3) is 0.611. The summed E-state index contributed by atoms with van der Waals surface area (Å²) in [6.07, 6.45) is -0.292. The number of rotatable bonds is 7. The largest absolute Gasteiger partial charge is 0.444 e. The van der Waals surface area contributed by atoms with Gasteiger partial charge in [0.15, 0.2) is 0 Å². The van der Waals surface area contributed by atoms with E-state index in [1.54, 1.807) is 12.0 Å². The number of hydrogen-bond donors (Lipinski definition) is 1. The second kappa shape index (κ2) is 8.77. The highest BCUT2D eigenvalue weighted by molar-refractivity contribution is 5.68. The molecule has 0 heterocycles. The highest BCUT2D eigenvalue weighted by atomic mass is 16.6. The van der Waals surface area contributed by atoms with E-state index in [1.807, 2.05) is 52.0 Å². The average molecular weight is 322 g/mol. The van der Waals surface area contributed by atoms with Crippen molar-refractivity contribution >= 4 is 11.8 Å². The normalized spacial score (nSPS) is 12.6. The van der Waals surface area contributed by atoms with Crippen LogP contribution in [0.25, 0.3) is 0 Å². The van der Waals surface area contributed by atoms with Gasteiger partial charge in [0, 0.05) is 25.4 Å².